The summed E-state index contributed by atoms with van der Waals surface area (Å²) in [6.07, 6.45) is 1.59. The summed E-state index contributed by atoms with van der Waals surface area (Å²) in [5.74, 6) is 1.00. The molecule has 0 unspecified atom stereocenters. The van der Waals surface area contributed by atoms with E-state index in [1.165, 1.54) is 0 Å². The summed E-state index contributed by atoms with van der Waals surface area (Å²) in [5, 5.41) is 0. The van der Waals surface area contributed by atoms with Gasteiger partial charge >= 0.3 is 5.97 Å². The minimum absolute atomic E-state index is 0.308. The molecule has 6 nitrogen and oxygen atoms in total. The van der Waals surface area contributed by atoms with Crippen molar-refractivity contribution in [2.24, 2.45) is 0 Å². The number of hydrogen-bond acceptors (Lipinski definition) is 6. The van der Waals surface area contributed by atoms with Crippen LogP contribution < -0.4 is 10.5 Å². The molecule has 0 spiro atoms. The van der Waals surface area contributed by atoms with E-state index < -0.39 is 11.6 Å². The lowest BCUT2D eigenvalue weighted by atomic mass is 10.1. The average Bonchev–Trinajstić information content (AvgIpc) is 2.47. The van der Waals surface area contributed by atoms with Crippen molar-refractivity contribution in [3.05, 3.63) is 36.5 Å². The summed E-state index contributed by atoms with van der Waals surface area (Å²) in [5.41, 5.74) is 5.34. The topological polar surface area (TPSA) is 87.3 Å². The third kappa shape index (κ3) is 3.72. The Labute approximate surface area is 129 Å². The number of benzene rings is 1. The van der Waals surface area contributed by atoms with E-state index in [-0.39, 0.29) is 0 Å². The molecule has 0 atom stereocenters. The van der Waals surface area contributed by atoms with E-state index in [1.54, 1.807) is 51.2 Å². The second kappa shape index (κ2) is 6.43. The van der Waals surface area contributed by atoms with Gasteiger partial charge in [0.05, 0.1) is 6.61 Å². The molecule has 2 aromatic rings. The number of rotatable bonds is 5. The lowest BCUT2D eigenvalue weighted by Crippen LogP contribution is -2.39. The lowest BCUT2D eigenvalue weighted by molar-refractivity contribution is -0.158. The number of esters is 1. The summed E-state index contributed by atoms with van der Waals surface area (Å²) >= 11 is 0. The van der Waals surface area contributed by atoms with Crippen LogP contribution in [0.5, 0.6) is 5.75 Å². The summed E-state index contributed by atoms with van der Waals surface area (Å²) in [6.45, 7) is 5.39. The van der Waals surface area contributed by atoms with Crippen molar-refractivity contribution in [3.8, 4) is 17.1 Å². The van der Waals surface area contributed by atoms with E-state index in [0.717, 1.165) is 5.56 Å². The van der Waals surface area contributed by atoms with Crippen LogP contribution >= 0.6 is 0 Å². The quantitative estimate of drug-likeness (QED) is 0.853. The highest BCUT2D eigenvalue weighted by Crippen LogP contribution is 2.25. The summed E-state index contributed by atoms with van der Waals surface area (Å²) < 4.78 is 10.8. The smallest absolute Gasteiger partial charge is 0.349 e. The third-order valence-electron chi connectivity index (χ3n) is 2.91. The number of anilines is 1. The molecule has 0 saturated carbocycles. The first kappa shape index (κ1) is 15.8. The molecule has 1 heterocycles. The van der Waals surface area contributed by atoms with Gasteiger partial charge in [-0.3, -0.25) is 0 Å². The Hall–Kier alpha value is -2.63. The summed E-state index contributed by atoms with van der Waals surface area (Å²) in [6, 6.07) is 8.79. The maximum absolute atomic E-state index is 11.9. The van der Waals surface area contributed by atoms with E-state index >= 15 is 0 Å². The second-order valence-electron chi connectivity index (χ2n) is 5.17. The summed E-state index contributed by atoms with van der Waals surface area (Å²) in [4.78, 5) is 20.2. The Kier molecular flexibility index (Phi) is 4.60. The highest BCUT2D eigenvalue weighted by Gasteiger charge is 2.31. The summed E-state index contributed by atoms with van der Waals surface area (Å²) in [7, 11) is 0. The fraction of sp³-hybridized carbons (Fsp3) is 0.312. The maximum Gasteiger partial charge on any atom is 0.349 e. The molecule has 0 aliphatic rings. The zero-order chi connectivity index (χ0) is 16.2. The van der Waals surface area contributed by atoms with E-state index in [4.69, 9.17) is 15.2 Å². The highest BCUT2D eigenvalue weighted by atomic mass is 16.6. The Morgan fingerprint density at radius 3 is 2.77 bits per heavy atom. The molecule has 0 radical (unpaired) electrons. The Morgan fingerprint density at radius 2 is 2.09 bits per heavy atom. The SMILES string of the molecule is CCOC(=O)C(C)(C)Oc1cccc(-c2nccc(N)n2)c1. The largest absolute Gasteiger partial charge is 0.476 e. The van der Waals surface area contributed by atoms with Crippen molar-refractivity contribution in [1.82, 2.24) is 9.97 Å². The number of nitrogens with zero attached hydrogens (tertiary/aromatic N) is 2. The zero-order valence-electron chi connectivity index (χ0n) is 12.9. The van der Waals surface area contributed by atoms with Gasteiger partial charge in [-0.05, 0) is 39.0 Å². The predicted molar refractivity (Wildman–Crippen MR) is 83.2 cm³/mol. The van der Waals surface area contributed by atoms with Crippen LogP contribution in [0.25, 0.3) is 11.4 Å². The number of hydrogen-bond donors (Lipinski definition) is 1. The molecule has 0 fully saturated rings. The Balaban J connectivity index is 2.24. The van der Waals surface area contributed by atoms with E-state index in [0.29, 0.717) is 24.0 Å². The van der Waals surface area contributed by atoms with E-state index in [1.807, 2.05) is 6.07 Å². The van der Waals surface area contributed by atoms with Gasteiger partial charge in [-0.25, -0.2) is 14.8 Å². The molecule has 0 bridgehead atoms. The van der Waals surface area contributed by atoms with Gasteiger partial charge in [-0.1, -0.05) is 12.1 Å². The number of nitrogen functional groups attached to an aromatic ring is 1. The first-order chi connectivity index (χ1) is 10.4. The van der Waals surface area contributed by atoms with Crippen LogP contribution in [0.15, 0.2) is 36.5 Å². The first-order valence-corrected chi connectivity index (χ1v) is 6.97. The molecule has 0 aliphatic heterocycles. The van der Waals surface area contributed by atoms with Gasteiger partial charge in [0.15, 0.2) is 11.4 Å². The standard InChI is InChI=1S/C16H19N3O3/c1-4-21-15(20)16(2,3)22-12-7-5-6-11(10-12)14-18-9-8-13(17)19-14/h5-10H,4H2,1-3H3,(H2,17,18,19). The van der Waals surface area contributed by atoms with Crippen molar-refractivity contribution < 1.29 is 14.3 Å². The molecule has 6 heteroatoms. The first-order valence-electron chi connectivity index (χ1n) is 6.97. The van der Waals surface area contributed by atoms with Gasteiger partial charge in [0.1, 0.15) is 11.6 Å². The molecular formula is C16H19N3O3. The van der Waals surface area contributed by atoms with Gasteiger partial charge in [0, 0.05) is 11.8 Å². The van der Waals surface area contributed by atoms with Gasteiger partial charge in [-0.15, -0.1) is 0 Å². The van der Waals surface area contributed by atoms with Gasteiger partial charge in [0.25, 0.3) is 0 Å². The van der Waals surface area contributed by atoms with Crippen LogP contribution in [0.1, 0.15) is 20.8 Å². The van der Waals surface area contributed by atoms with E-state index in [2.05, 4.69) is 9.97 Å². The molecule has 0 aliphatic carbocycles. The molecule has 116 valence electrons. The Morgan fingerprint density at radius 1 is 1.32 bits per heavy atom. The Bertz CT molecular complexity index is 671. The van der Waals surface area contributed by atoms with Gasteiger partial charge < -0.3 is 15.2 Å². The maximum atomic E-state index is 11.9. The molecule has 22 heavy (non-hydrogen) atoms. The molecule has 1 aromatic carbocycles. The van der Waals surface area contributed by atoms with Gasteiger partial charge in [0.2, 0.25) is 0 Å². The van der Waals surface area contributed by atoms with Crippen molar-refractivity contribution in [1.29, 1.82) is 0 Å². The average molecular weight is 301 g/mol. The lowest BCUT2D eigenvalue weighted by Gasteiger charge is -2.24. The monoisotopic (exact) mass is 301 g/mol. The van der Waals surface area contributed by atoms with Crippen LogP contribution in [0.4, 0.5) is 5.82 Å². The highest BCUT2D eigenvalue weighted by molar-refractivity contribution is 5.79. The molecule has 0 amide bonds. The number of aromatic nitrogens is 2. The molecular weight excluding hydrogens is 282 g/mol. The molecule has 2 N–H and O–H groups in total. The number of ether oxygens (including phenoxy) is 2. The van der Waals surface area contributed by atoms with Crippen molar-refractivity contribution in [3.63, 3.8) is 0 Å². The van der Waals surface area contributed by atoms with Crippen LogP contribution in [0, 0.1) is 0 Å². The fourth-order valence-corrected chi connectivity index (χ4v) is 1.85. The normalized spacial score (nSPS) is 11.0. The molecule has 1 aromatic heterocycles. The second-order valence-corrected chi connectivity index (χ2v) is 5.17. The third-order valence-corrected chi connectivity index (χ3v) is 2.91. The van der Waals surface area contributed by atoms with Crippen molar-refractivity contribution in [2.45, 2.75) is 26.4 Å². The van der Waals surface area contributed by atoms with Crippen molar-refractivity contribution in [2.75, 3.05) is 12.3 Å². The van der Waals surface area contributed by atoms with Crippen LogP contribution in [-0.2, 0) is 9.53 Å². The van der Waals surface area contributed by atoms with Crippen LogP contribution in [0.2, 0.25) is 0 Å². The fourth-order valence-electron chi connectivity index (χ4n) is 1.85. The zero-order valence-corrected chi connectivity index (χ0v) is 12.9. The predicted octanol–water partition coefficient (Wildman–Crippen LogP) is 2.45. The van der Waals surface area contributed by atoms with Crippen molar-refractivity contribution >= 4 is 11.8 Å². The van der Waals surface area contributed by atoms with Crippen LogP contribution in [-0.4, -0.2) is 28.1 Å². The number of carbonyl (C=O) groups excluding carboxylic acids is 1. The molecule has 2 rings (SSSR count). The number of carbonyl (C=O) groups is 1. The van der Waals surface area contributed by atoms with E-state index in [9.17, 15) is 4.79 Å². The van der Waals surface area contributed by atoms with Gasteiger partial charge in [-0.2, -0.15) is 0 Å². The molecule has 0 saturated heterocycles. The minimum atomic E-state index is -1.08. The van der Waals surface area contributed by atoms with Crippen LogP contribution in [0.3, 0.4) is 0 Å². The minimum Gasteiger partial charge on any atom is -0.476 e. The number of nitrogens with two attached hydrogens (primary N) is 1.